The third kappa shape index (κ3) is 4.52. The fraction of sp³-hybridized carbons (Fsp3) is 0.792. The molecule has 3 saturated carbocycles. The van der Waals surface area contributed by atoms with E-state index in [-0.39, 0.29) is 0 Å². The van der Waals surface area contributed by atoms with Gasteiger partial charge in [0.15, 0.2) is 0 Å². The summed E-state index contributed by atoms with van der Waals surface area (Å²) in [6, 6.07) is 3.96. The molecule has 3 aliphatic rings. The molecule has 1 N–H and O–H groups in total. The monoisotopic (exact) mass is 508 g/mol. The summed E-state index contributed by atoms with van der Waals surface area (Å²) in [7, 11) is 1.68. The molecule has 0 unspecified atom stereocenters. The molecule has 0 aromatic carbocycles. The van der Waals surface area contributed by atoms with E-state index in [2.05, 4.69) is 0 Å². The number of nitrogens with one attached hydrogen (secondary N) is 1. The number of aromatic nitrogens is 1. The summed E-state index contributed by atoms with van der Waals surface area (Å²) in [5.41, 5.74) is 0.802. The van der Waals surface area contributed by atoms with Gasteiger partial charge in [-0.05, 0) is 0 Å². The summed E-state index contributed by atoms with van der Waals surface area (Å²) in [4.78, 5) is 5.48. The van der Waals surface area contributed by atoms with Gasteiger partial charge in [-0.15, -0.1) is 0 Å². The Bertz CT molecular complexity index is 610. The van der Waals surface area contributed by atoms with Crippen LogP contribution in [0.1, 0.15) is 102 Å². The summed E-state index contributed by atoms with van der Waals surface area (Å²) >= 11 is -3.16. The molecule has 0 aliphatic heterocycles. The molecule has 5 heteroatoms. The number of rotatable bonds is 6. The van der Waals surface area contributed by atoms with Gasteiger partial charge in [-0.3, -0.25) is 0 Å². The molecule has 3 aliphatic carbocycles. The van der Waals surface area contributed by atoms with E-state index >= 15 is 0 Å². The van der Waals surface area contributed by atoms with Crippen LogP contribution in [0, 0.1) is 5.41 Å². The van der Waals surface area contributed by atoms with Crippen molar-refractivity contribution in [3.05, 3.63) is 24.0 Å². The Morgan fingerprint density at radius 1 is 0.828 bits per heavy atom. The minimum atomic E-state index is -3.16. The van der Waals surface area contributed by atoms with E-state index < -0.39 is 18.8 Å². The molecule has 162 valence electrons. The second-order valence-corrected chi connectivity index (χ2v) is 22.1. The molecule has 4 rings (SSSR count). The predicted octanol–water partition coefficient (Wildman–Crippen LogP) is 6.84. The fourth-order valence-corrected chi connectivity index (χ4v) is 26.5. The predicted molar refractivity (Wildman–Crippen MR) is 121 cm³/mol. The first-order chi connectivity index (χ1) is 14.3. The molecule has 1 heterocycles. The van der Waals surface area contributed by atoms with E-state index in [0.29, 0.717) is 5.90 Å². The quantitative estimate of drug-likeness (QED) is 0.261. The van der Waals surface area contributed by atoms with Gasteiger partial charge >= 0.3 is 182 Å². The molecule has 29 heavy (non-hydrogen) atoms. The van der Waals surface area contributed by atoms with Crippen molar-refractivity contribution in [2.24, 2.45) is 0 Å². The van der Waals surface area contributed by atoms with Gasteiger partial charge in [-0.25, -0.2) is 0 Å². The summed E-state index contributed by atoms with van der Waals surface area (Å²) in [5, 5.41) is 9.03. The Balaban J connectivity index is 1.71. The van der Waals surface area contributed by atoms with E-state index in [1.807, 2.05) is 18.3 Å². The zero-order valence-corrected chi connectivity index (χ0v) is 21.2. The van der Waals surface area contributed by atoms with Crippen LogP contribution in [0.2, 0.25) is 11.8 Å². The molecular formula is C24H40N2O2Sn. The zero-order valence-electron chi connectivity index (χ0n) is 18.3. The van der Waals surface area contributed by atoms with Gasteiger partial charge in [0.1, 0.15) is 0 Å². The summed E-state index contributed by atoms with van der Waals surface area (Å²) in [6.07, 6.45) is 22.7. The third-order valence-electron chi connectivity index (χ3n) is 8.15. The van der Waals surface area contributed by atoms with Crippen molar-refractivity contribution in [2.75, 3.05) is 7.11 Å². The first kappa shape index (κ1) is 21.6. The van der Waals surface area contributed by atoms with Gasteiger partial charge in [0.05, 0.1) is 0 Å². The maximum absolute atomic E-state index is 9.03. The SMILES string of the molecule is COn1cccc1C(=N)[O][Sn]([CH]1CCCCC1)([CH]1CCCCC1)[CH]1CCCCC1. The van der Waals surface area contributed by atoms with Crippen molar-refractivity contribution < 1.29 is 7.91 Å². The van der Waals surface area contributed by atoms with Crippen LogP contribution in [-0.2, 0) is 3.07 Å². The standard InChI is InChI=1S/C6H8N2O2.3C6H11.Sn/c1-10-8-4-2-3-5(8)6(7)9;3*1-2-4-6-5-3-1;/h2-4H,1H3,(H2,7,9);3*1H,2-6H2;/q;;;;+1/p-1. The van der Waals surface area contributed by atoms with Crippen LogP contribution >= 0.6 is 0 Å². The van der Waals surface area contributed by atoms with Crippen LogP contribution in [0.5, 0.6) is 0 Å². The van der Waals surface area contributed by atoms with Crippen LogP contribution in [0.25, 0.3) is 0 Å². The summed E-state index contributed by atoms with van der Waals surface area (Å²) in [6.45, 7) is 0. The topological polar surface area (TPSA) is 47.2 Å². The van der Waals surface area contributed by atoms with E-state index in [1.54, 1.807) is 11.8 Å². The van der Waals surface area contributed by atoms with Crippen molar-refractivity contribution in [3.63, 3.8) is 0 Å². The Labute approximate surface area is 181 Å². The Hall–Kier alpha value is -0.651. The van der Waals surface area contributed by atoms with Gasteiger partial charge in [-0.2, -0.15) is 0 Å². The van der Waals surface area contributed by atoms with Crippen molar-refractivity contribution in [1.29, 1.82) is 5.41 Å². The van der Waals surface area contributed by atoms with Gasteiger partial charge in [0.2, 0.25) is 0 Å². The molecule has 0 saturated heterocycles. The van der Waals surface area contributed by atoms with Gasteiger partial charge in [0.25, 0.3) is 0 Å². The molecule has 3 fully saturated rings. The molecule has 0 amide bonds. The van der Waals surface area contributed by atoms with Crippen molar-refractivity contribution in [3.8, 4) is 0 Å². The minimum absolute atomic E-state index is 0.411. The average molecular weight is 507 g/mol. The van der Waals surface area contributed by atoms with Gasteiger partial charge < -0.3 is 0 Å². The maximum atomic E-state index is 9.03. The van der Waals surface area contributed by atoms with Crippen LogP contribution in [0.3, 0.4) is 0 Å². The second kappa shape index (κ2) is 10.1. The van der Waals surface area contributed by atoms with Gasteiger partial charge in [-0.1, -0.05) is 0 Å². The Kier molecular flexibility index (Phi) is 7.52. The van der Waals surface area contributed by atoms with Crippen LogP contribution in [0.15, 0.2) is 18.3 Å². The first-order valence-electron chi connectivity index (χ1n) is 12.3. The molecule has 0 radical (unpaired) electrons. The normalized spacial score (nSPS) is 23.1. The van der Waals surface area contributed by atoms with E-state index in [0.717, 1.165) is 17.5 Å². The van der Waals surface area contributed by atoms with Gasteiger partial charge in [0, 0.05) is 0 Å². The molecule has 0 bridgehead atoms. The second-order valence-electron chi connectivity index (χ2n) is 9.69. The first-order valence-corrected chi connectivity index (χ1v) is 18.4. The number of hydrogen-bond acceptors (Lipinski definition) is 3. The molecule has 0 spiro atoms. The molecule has 4 nitrogen and oxygen atoms in total. The van der Waals surface area contributed by atoms with Crippen LogP contribution < -0.4 is 4.84 Å². The molecular weight excluding hydrogens is 467 g/mol. The number of nitrogens with zero attached hydrogens (tertiary/aromatic N) is 1. The summed E-state index contributed by atoms with van der Waals surface area (Å²) in [5.74, 6) is 0.411. The number of hydrogen-bond donors (Lipinski definition) is 1. The Morgan fingerprint density at radius 2 is 1.28 bits per heavy atom. The van der Waals surface area contributed by atoms with Crippen LogP contribution in [0.4, 0.5) is 0 Å². The molecule has 1 aromatic rings. The zero-order chi connectivity index (χ0) is 20.1. The summed E-state index contributed by atoms with van der Waals surface area (Å²) < 4.78 is 11.4. The molecule has 1 aromatic heterocycles. The fourth-order valence-electron chi connectivity index (χ4n) is 6.84. The third-order valence-corrected chi connectivity index (χ3v) is 25.6. The van der Waals surface area contributed by atoms with E-state index in [4.69, 9.17) is 13.3 Å². The van der Waals surface area contributed by atoms with Crippen molar-refractivity contribution in [2.45, 2.75) is 108 Å². The molecule has 0 atom stereocenters. The van der Waals surface area contributed by atoms with Crippen molar-refractivity contribution >= 4 is 24.7 Å². The Morgan fingerprint density at radius 3 is 1.69 bits per heavy atom. The van der Waals surface area contributed by atoms with Crippen LogP contribution in [-0.4, -0.2) is 36.5 Å². The van der Waals surface area contributed by atoms with E-state index in [1.165, 1.54) is 96.3 Å². The van der Waals surface area contributed by atoms with Crippen molar-refractivity contribution in [1.82, 2.24) is 4.73 Å². The average Bonchev–Trinajstić information content (AvgIpc) is 3.28. The van der Waals surface area contributed by atoms with E-state index in [9.17, 15) is 0 Å².